The van der Waals surface area contributed by atoms with Crippen molar-refractivity contribution in [2.24, 2.45) is 5.92 Å². The van der Waals surface area contributed by atoms with Gasteiger partial charge in [-0.3, -0.25) is 9.59 Å². The number of carbonyl (C=O) groups is 2. The first-order valence-electron chi connectivity index (χ1n) is 10.6. The van der Waals surface area contributed by atoms with Crippen molar-refractivity contribution in [3.05, 3.63) is 58.6 Å². The fourth-order valence-electron chi connectivity index (χ4n) is 3.91. The Kier molecular flexibility index (Phi) is 6.60. The standard InChI is InChI=1S/C24H25BrN4O3/c1-15-13-18(6-7-19(15)25)27-22(31)14-26-24(32)17-9-11-29(12-10-17)21-8-5-16-3-2-4-20(30)23(16)28-21/h2-8,13,17,30H,9-12,14H2,1H3,(H,26,32)(H,27,31). The number of rotatable bonds is 5. The molecular formula is C24H25BrN4O3. The number of amides is 2. The molecule has 4 rings (SSSR count). The van der Waals surface area contributed by atoms with E-state index in [9.17, 15) is 14.7 Å². The molecule has 0 atom stereocenters. The molecule has 0 bridgehead atoms. The molecule has 3 aromatic rings. The molecular weight excluding hydrogens is 472 g/mol. The van der Waals surface area contributed by atoms with E-state index in [4.69, 9.17) is 0 Å². The number of piperidine rings is 1. The predicted octanol–water partition coefficient (Wildman–Crippen LogP) is 3.98. The third-order valence-electron chi connectivity index (χ3n) is 5.74. The highest BCUT2D eigenvalue weighted by Gasteiger charge is 2.26. The van der Waals surface area contributed by atoms with Crippen LogP contribution in [0.3, 0.4) is 0 Å². The summed E-state index contributed by atoms with van der Waals surface area (Å²) in [5, 5.41) is 16.5. The number of aryl methyl sites for hydroxylation is 1. The fraction of sp³-hybridized carbons (Fsp3) is 0.292. The zero-order valence-electron chi connectivity index (χ0n) is 17.8. The van der Waals surface area contributed by atoms with Crippen molar-refractivity contribution in [3.8, 4) is 5.75 Å². The summed E-state index contributed by atoms with van der Waals surface area (Å²) in [7, 11) is 0. The molecule has 2 heterocycles. The number of benzene rings is 2. The molecule has 7 nitrogen and oxygen atoms in total. The normalized spacial score (nSPS) is 14.4. The maximum atomic E-state index is 12.6. The van der Waals surface area contributed by atoms with Gasteiger partial charge in [0.25, 0.3) is 0 Å². The first-order valence-corrected chi connectivity index (χ1v) is 11.4. The summed E-state index contributed by atoms with van der Waals surface area (Å²) in [6, 6.07) is 14.8. The molecule has 1 aliphatic heterocycles. The lowest BCUT2D eigenvalue weighted by Gasteiger charge is -2.32. The van der Waals surface area contributed by atoms with Gasteiger partial charge in [0.1, 0.15) is 17.1 Å². The molecule has 1 saturated heterocycles. The van der Waals surface area contributed by atoms with Gasteiger partial charge in [-0.05, 0) is 61.7 Å². The van der Waals surface area contributed by atoms with E-state index in [2.05, 4.69) is 36.4 Å². The lowest BCUT2D eigenvalue weighted by atomic mass is 9.96. The molecule has 0 unspecified atom stereocenters. The number of phenols is 1. The zero-order valence-corrected chi connectivity index (χ0v) is 19.4. The van der Waals surface area contributed by atoms with Crippen LogP contribution in [-0.4, -0.2) is 41.5 Å². The van der Waals surface area contributed by atoms with Crippen LogP contribution < -0.4 is 15.5 Å². The number of anilines is 2. The first kappa shape index (κ1) is 22.1. The van der Waals surface area contributed by atoms with Gasteiger partial charge in [0.15, 0.2) is 0 Å². The number of fused-ring (bicyclic) bond motifs is 1. The number of aromatic hydroxyl groups is 1. The van der Waals surface area contributed by atoms with Gasteiger partial charge >= 0.3 is 0 Å². The van der Waals surface area contributed by atoms with Crippen LogP contribution in [0.25, 0.3) is 10.9 Å². The van der Waals surface area contributed by atoms with E-state index in [-0.39, 0.29) is 30.0 Å². The minimum atomic E-state index is -0.252. The Morgan fingerprint density at radius 3 is 2.69 bits per heavy atom. The van der Waals surface area contributed by atoms with Gasteiger partial charge in [-0.15, -0.1) is 0 Å². The highest BCUT2D eigenvalue weighted by molar-refractivity contribution is 9.10. The first-order chi connectivity index (χ1) is 15.4. The topological polar surface area (TPSA) is 94.6 Å². The monoisotopic (exact) mass is 496 g/mol. The molecule has 0 aliphatic carbocycles. The summed E-state index contributed by atoms with van der Waals surface area (Å²) in [6.45, 7) is 3.27. The van der Waals surface area contributed by atoms with Crippen molar-refractivity contribution in [3.63, 3.8) is 0 Å². The molecule has 0 spiro atoms. The minimum absolute atomic E-state index is 0.0559. The van der Waals surface area contributed by atoms with E-state index in [1.807, 2.05) is 43.3 Å². The van der Waals surface area contributed by atoms with Crippen LogP contribution >= 0.6 is 15.9 Å². The maximum Gasteiger partial charge on any atom is 0.243 e. The van der Waals surface area contributed by atoms with Crippen molar-refractivity contribution in [1.82, 2.24) is 10.3 Å². The minimum Gasteiger partial charge on any atom is -0.506 e. The van der Waals surface area contributed by atoms with Crippen molar-refractivity contribution in [1.29, 1.82) is 0 Å². The van der Waals surface area contributed by atoms with Gasteiger partial charge < -0.3 is 20.6 Å². The summed E-state index contributed by atoms with van der Waals surface area (Å²) >= 11 is 3.43. The van der Waals surface area contributed by atoms with Crippen molar-refractivity contribution in [2.45, 2.75) is 19.8 Å². The third-order valence-corrected chi connectivity index (χ3v) is 6.63. The Morgan fingerprint density at radius 2 is 1.94 bits per heavy atom. The quantitative estimate of drug-likeness (QED) is 0.496. The van der Waals surface area contributed by atoms with Crippen LogP contribution in [0, 0.1) is 12.8 Å². The van der Waals surface area contributed by atoms with Crippen LogP contribution in [0.1, 0.15) is 18.4 Å². The van der Waals surface area contributed by atoms with E-state index in [0.29, 0.717) is 37.1 Å². The second-order valence-corrected chi connectivity index (χ2v) is 8.86. The molecule has 2 aromatic carbocycles. The number of nitrogens with zero attached hydrogens (tertiary/aromatic N) is 2. The second kappa shape index (κ2) is 9.56. The SMILES string of the molecule is Cc1cc(NC(=O)CNC(=O)C2CCN(c3ccc4cccc(O)c4n3)CC2)ccc1Br. The van der Waals surface area contributed by atoms with E-state index in [1.165, 1.54) is 0 Å². The molecule has 8 heteroatoms. The molecule has 1 aromatic heterocycles. The van der Waals surface area contributed by atoms with Crippen LogP contribution in [-0.2, 0) is 9.59 Å². The van der Waals surface area contributed by atoms with Crippen molar-refractivity contribution in [2.75, 3.05) is 29.9 Å². The van der Waals surface area contributed by atoms with E-state index < -0.39 is 0 Å². The predicted molar refractivity (Wildman–Crippen MR) is 129 cm³/mol. The second-order valence-electron chi connectivity index (χ2n) is 8.01. The molecule has 2 amide bonds. The number of carbonyl (C=O) groups excluding carboxylic acids is 2. The molecule has 1 aliphatic rings. The zero-order chi connectivity index (χ0) is 22.7. The number of halogens is 1. The van der Waals surface area contributed by atoms with E-state index >= 15 is 0 Å². The smallest absolute Gasteiger partial charge is 0.243 e. The highest BCUT2D eigenvalue weighted by Crippen LogP contribution is 2.28. The Labute approximate surface area is 195 Å². The summed E-state index contributed by atoms with van der Waals surface area (Å²) < 4.78 is 0.978. The van der Waals surface area contributed by atoms with Crippen molar-refractivity contribution < 1.29 is 14.7 Å². The molecule has 0 saturated carbocycles. The molecule has 32 heavy (non-hydrogen) atoms. The van der Waals surface area contributed by atoms with Gasteiger partial charge in [-0.25, -0.2) is 4.98 Å². The molecule has 3 N–H and O–H groups in total. The van der Waals surface area contributed by atoms with E-state index in [0.717, 1.165) is 21.2 Å². The van der Waals surface area contributed by atoms with Crippen molar-refractivity contribution >= 4 is 50.2 Å². The van der Waals surface area contributed by atoms with Crippen LogP contribution in [0.5, 0.6) is 5.75 Å². The largest absolute Gasteiger partial charge is 0.506 e. The number of hydrogen-bond donors (Lipinski definition) is 3. The average molecular weight is 497 g/mol. The van der Waals surface area contributed by atoms with E-state index in [1.54, 1.807) is 12.1 Å². The van der Waals surface area contributed by atoms with Crippen LogP contribution in [0.2, 0.25) is 0 Å². The Bertz CT molecular complexity index is 1160. The number of nitrogens with one attached hydrogen (secondary N) is 2. The fourth-order valence-corrected chi connectivity index (χ4v) is 4.15. The Morgan fingerprint density at radius 1 is 1.16 bits per heavy atom. The molecule has 166 valence electrons. The van der Waals surface area contributed by atoms with Gasteiger partial charge in [0.05, 0.1) is 6.54 Å². The third kappa shape index (κ3) is 5.02. The number of pyridine rings is 1. The number of phenolic OH excluding ortho intramolecular Hbond substituents is 1. The summed E-state index contributed by atoms with van der Waals surface area (Å²) in [5.41, 5.74) is 2.30. The summed E-state index contributed by atoms with van der Waals surface area (Å²) in [4.78, 5) is 31.5. The Balaban J connectivity index is 1.27. The molecule has 0 radical (unpaired) electrons. The highest BCUT2D eigenvalue weighted by atomic mass is 79.9. The molecule has 1 fully saturated rings. The number of para-hydroxylation sites is 1. The van der Waals surface area contributed by atoms with Crippen LogP contribution in [0.15, 0.2) is 53.0 Å². The Hall–Kier alpha value is -3.13. The van der Waals surface area contributed by atoms with Gasteiger partial charge in [0, 0.05) is 34.6 Å². The average Bonchev–Trinajstić information content (AvgIpc) is 2.80. The summed E-state index contributed by atoms with van der Waals surface area (Å²) in [5.74, 6) is 0.466. The van der Waals surface area contributed by atoms with Gasteiger partial charge in [-0.1, -0.05) is 28.1 Å². The van der Waals surface area contributed by atoms with Gasteiger partial charge in [0.2, 0.25) is 11.8 Å². The number of hydrogen-bond acceptors (Lipinski definition) is 5. The lowest BCUT2D eigenvalue weighted by molar-refractivity contribution is -0.127. The maximum absolute atomic E-state index is 12.6. The summed E-state index contributed by atoms with van der Waals surface area (Å²) in [6.07, 6.45) is 1.36. The lowest BCUT2D eigenvalue weighted by Crippen LogP contribution is -2.42. The van der Waals surface area contributed by atoms with Crippen LogP contribution in [0.4, 0.5) is 11.5 Å². The number of aromatic nitrogens is 1. The van der Waals surface area contributed by atoms with Gasteiger partial charge in [-0.2, -0.15) is 0 Å².